The summed E-state index contributed by atoms with van der Waals surface area (Å²) < 4.78 is 68.5. The second-order valence-electron chi connectivity index (χ2n) is 26.6. The average molecular weight is 1520 g/mol. The summed E-state index contributed by atoms with van der Waals surface area (Å²) in [5, 5.41) is 10.6. The fourth-order valence-corrected chi connectivity index (χ4v) is 11.9. The van der Waals surface area contributed by atoms with Crippen LogP contribution in [-0.2, 0) is 65.4 Å². The third kappa shape index (κ3) is 76.9. The molecule has 19 heteroatoms. The van der Waals surface area contributed by atoms with Gasteiger partial charge in [0.2, 0.25) is 0 Å². The molecule has 0 aliphatic carbocycles. The Hall–Kier alpha value is -5.32. The Balaban J connectivity index is 5.48. The van der Waals surface area contributed by atoms with Gasteiger partial charge in [-0.1, -0.05) is 301 Å². The third-order valence-electron chi connectivity index (χ3n) is 16.5. The van der Waals surface area contributed by atoms with Crippen molar-refractivity contribution in [3.63, 3.8) is 0 Å². The van der Waals surface area contributed by atoms with Crippen LogP contribution in [0, 0.1) is 0 Å². The van der Waals surface area contributed by atoms with E-state index >= 15 is 0 Å². The zero-order valence-electron chi connectivity index (χ0n) is 66.1. The van der Waals surface area contributed by atoms with Gasteiger partial charge in [0.15, 0.2) is 12.2 Å². The Labute approximate surface area is 642 Å². The Morgan fingerprint density at radius 1 is 0.274 bits per heavy atom. The highest BCUT2D eigenvalue weighted by Gasteiger charge is 2.30. The van der Waals surface area contributed by atoms with Crippen LogP contribution in [0.15, 0.2) is 158 Å². The molecular formula is C87H144O17P2. The summed E-state index contributed by atoms with van der Waals surface area (Å²) in [5.41, 5.74) is 0. The molecule has 0 aliphatic rings. The molecule has 604 valence electrons. The van der Waals surface area contributed by atoms with Crippen molar-refractivity contribution in [1.29, 1.82) is 0 Å². The van der Waals surface area contributed by atoms with Crippen LogP contribution in [0.2, 0.25) is 0 Å². The molecule has 106 heavy (non-hydrogen) atoms. The summed E-state index contributed by atoms with van der Waals surface area (Å²) in [6.45, 7) is 4.49. The molecule has 0 rings (SSSR count). The molecule has 0 spiro atoms. The number of phosphoric acid groups is 2. The molecule has 0 bridgehead atoms. The summed E-state index contributed by atoms with van der Waals surface area (Å²) in [5.74, 6) is -2.33. The number of esters is 4. The number of carbonyl (C=O) groups is 4. The van der Waals surface area contributed by atoms with Crippen LogP contribution >= 0.6 is 15.6 Å². The lowest BCUT2D eigenvalue weighted by Gasteiger charge is -2.21. The first-order chi connectivity index (χ1) is 51.7. The number of hydrogen-bond donors (Lipinski definition) is 3. The number of aliphatic hydroxyl groups is 1. The lowest BCUT2D eigenvalue weighted by Crippen LogP contribution is -2.30. The molecule has 5 atom stereocenters. The number of hydrogen-bond acceptors (Lipinski definition) is 15. The highest BCUT2D eigenvalue weighted by molar-refractivity contribution is 7.47. The first-order valence-corrected chi connectivity index (χ1v) is 43.7. The monoisotopic (exact) mass is 1520 g/mol. The number of unbranched alkanes of at least 4 members (excludes halogenated alkanes) is 23. The van der Waals surface area contributed by atoms with Crippen molar-refractivity contribution in [2.75, 3.05) is 39.6 Å². The second kappa shape index (κ2) is 77.8. The molecule has 0 amide bonds. The van der Waals surface area contributed by atoms with Crippen molar-refractivity contribution in [2.24, 2.45) is 0 Å². The van der Waals surface area contributed by atoms with E-state index in [1.807, 2.05) is 18.2 Å². The van der Waals surface area contributed by atoms with Crippen LogP contribution in [0.1, 0.15) is 310 Å². The largest absolute Gasteiger partial charge is 0.472 e. The van der Waals surface area contributed by atoms with Crippen LogP contribution in [-0.4, -0.2) is 96.7 Å². The van der Waals surface area contributed by atoms with Gasteiger partial charge in [-0.2, -0.15) is 0 Å². The van der Waals surface area contributed by atoms with Gasteiger partial charge in [0.1, 0.15) is 19.3 Å². The summed E-state index contributed by atoms with van der Waals surface area (Å²) in [6.07, 6.45) is 90.9. The highest BCUT2D eigenvalue weighted by Crippen LogP contribution is 2.45. The standard InChI is InChI=1S/C87H144O17P2/c1-5-9-13-17-21-25-29-33-36-38-40-42-45-49-52-56-60-64-68-72-85(90)98-78-83(104-87(92)74-70-66-62-58-54-50-46-43-41-39-37-34-30-26-22-18-14-10-6-2)80-102-106(95,96)100-76-81(88)75-99-105(93,94)101-79-82(103-86(91)73-69-65-61-57-53-47-32-28-24-20-16-12-8-4)77-97-84(89)71-67-63-59-55-51-48-44-35-31-27-23-19-15-11-7-3/h9-10,13-14,21-23,25-27,33-37,40-44,49-50,52,54,60,64,81-83,88H,5-8,11-12,15-20,24,28-32,38-39,45-48,51,53,55-59,61-63,65-80H2,1-4H3,(H,93,94)(H,95,96)/b13-9-,14-10-,25-21-,26-22-,27-23-,36-33-,37-34-,42-40-,43-41-,44-35-,52-49-,54-50-,64-60-. The minimum atomic E-state index is -5.01. The smallest absolute Gasteiger partial charge is 0.462 e. The zero-order chi connectivity index (χ0) is 77.4. The predicted molar refractivity (Wildman–Crippen MR) is 436 cm³/mol. The SMILES string of the molecule is CC/C=C\C/C=C\C/C=C\C/C=C\C/C=C\C/C=C\CCC(=O)OCC(COP(=O)(O)OCC(O)COP(=O)(O)OCC(COC(=O)CCCCCCC/C=C\C/C=C\CCCCC)OC(=O)CCCCCCCCCCCCCCC)OC(=O)CCCCC/C=C\C/C=C\C/C=C\C/C=C\C/C=C\CC. The molecule has 0 heterocycles. The van der Waals surface area contributed by atoms with Gasteiger partial charge in [-0.3, -0.25) is 37.3 Å². The lowest BCUT2D eigenvalue weighted by atomic mass is 10.0. The minimum Gasteiger partial charge on any atom is -0.462 e. The minimum absolute atomic E-state index is 0.0232. The van der Waals surface area contributed by atoms with E-state index in [1.165, 1.54) is 70.6 Å². The summed E-state index contributed by atoms with van der Waals surface area (Å²) >= 11 is 0. The molecule has 5 unspecified atom stereocenters. The molecule has 0 aromatic heterocycles. The molecule has 0 saturated heterocycles. The molecule has 0 saturated carbocycles. The fraction of sp³-hybridized carbons (Fsp3) is 0.655. The third-order valence-corrected chi connectivity index (χ3v) is 18.4. The van der Waals surface area contributed by atoms with Gasteiger partial charge in [0, 0.05) is 25.7 Å². The van der Waals surface area contributed by atoms with Crippen LogP contribution in [0.5, 0.6) is 0 Å². The van der Waals surface area contributed by atoms with Crippen molar-refractivity contribution in [3.05, 3.63) is 158 Å². The van der Waals surface area contributed by atoms with Gasteiger partial charge < -0.3 is 33.8 Å². The maximum atomic E-state index is 13.1. The maximum Gasteiger partial charge on any atom is 0.472 e. The van der Waals surface area contributed by atoms with Crippen LogP contribution in [0.3, 0.4) is 0 Å². The Kier molecular flexibility index (Phi) is 73.9. The van der Waals surface area contributed by atoms with Crippen molar-refractivity contribution >= 4 is 39.5 Å². The van der Waals surface area contributed by atoms with Gasteiger partial charge in [-0.15, -0.1) is 0 Å². The number of phosphoric ester groups is 2. The van der Waals surface area contributed by atoms with Gasteiger partial charge in [-0.25, -0.2) is 9.13 Å². The number of aliphatic hydroxyl groups excluding tert-OH is 1. The molecular weight excluding hydrogens is 1380 g/mol. The van der Waals surface area contributed by atoms with Crippen molar-refractivity contribution in [2.45, 2.75) is 329 Å². The van der Waals surface area contributed by atoms with E-state index in [0.29, 0.717) is 32.1 Å². The van der Waals surface area contributed by atoms with E-state index in [4.69, 9.17) is 37.0 Å². The van der Waals surface area contributed by atoms with E-state index in [-0.39, 0.29) is 25.7 Å². The van der Waals surface area contributed by atoms with Gasteiger partial charge in [-0.05, 0) is 141 Å². The number of allylic oxidation sites excluding steroid dienone is 26. The predicted octanol–water partition coefficient (Wildman–Crippen LogP) is 24.0. The highest BCUT2D eigenvalue weighted by atomic mass is 31.2. The van der Waals surface area contributed by atoms with Crippen molar-refractivity contribution in [3.8, 4) is 0 Å². The molecule has 0 radical (unpaired) electrons. The van der Waals surface area contributed by atoms with E-state index < -0.39 is 97.5 Å². The van der Waals surface area contributed by atoms with E-state index in [0.717, 1.165) is 154 Å². The van der Waals surface area contributed by atoms with Crippen molar-refractivity contribution < 1.29 is 80.2 Å². The van der Waals surface area contributed by atoms with Gasteiger partial charge in [0.25, 0.3) is 0 Å². The van der Waals surface area contributed by atoms with E-state index in [1.54, 1.807) is 0 Å². The van der Waals surface area contributed by atoms with Gasteiger partial charge in [0.05, 0.1) is 26.4 Å². The van der Waals surface area contributed by atoms with E-state index in [2.05, 4.69) is 167 Å². The molecule has 0 aromatic rings. The number of carbonyl (C=O) groups excluding carboxylic acids is 4. The van der Waals surface area contributed by atoms with Crippen LogP contribution in [0.25, 0.3) is 0 Å². The topological polar surface area (TPSA) is 237 Å². The van der Waals surface area contributed by atoms with Crippen molar-refractivity contribution in [1.82, 2.24) is 0 Å². The number of ether oxygens (including phenoxy) is 4. The first kappa shape index (κ1) is 101. The molecule has 0 fully saturated rings. The Morgan fingerprint density at radius 3 is 0.840 bits per heavy atom. The maximum absolute atomic E-state index is 13.1. The molecule has 0 aliphatic heterocycles. The van der Waals surface area contributed by atoms with Crippen LogP contribution < -0.4 is 0 Å². The quantitative estimate of drug-likeness (QED) is 0.0169. The average Bonchev–Trinajstić information content (AvgIpc) is 0.903. The molecule has 0 aromatic carbocycles. The Bertz CT molecular complexity index is 2630. The normalized spacial score (nSPS) is 14.7. The van der Waals surface area contributed by atoms with Crippen LogP contribution in [0.4, 0.5) is 0 Å². The molecule has 17 nitrogen and oxygen atoms in total. The fourth-order valence-electron chi connectivity index (χ4n) is 10.4. The summed E-state index contributed by atoms with van der Waals surface area (Å²) in [6, 6.07) is 0. The first-order valence-electron chi connectivity index (χ1n) is 40.7. The summed E-state index contributed by atoms with van der Waals surface area (Å²) in [4.78, 5) is 73.0. The second-order valence-corrected chi connectivity index (χ2v) is 29.5. The number of rotatable bonds is 75. The zero-order valence-corrected chi connectivity index (χ0v) is 67.8. The van der Waals surface area contributed by atoms with Gasteiger partial charge >= 0.3 is 39.5 Å². The lowest BCUT2D eigenvalue weighted by molar-refractivity contribution is -0.161. The Morgan fingerprint density at radius 2 is 0.509 bits per heavy atom. The molecule has 3 N–H and O–H groups in total. The van der Waals surface area contributed by atoms with E-state index in [9.17, 15) is 43.2 Å². The summed E-state index contributed by atoms with van der Waals surface area (Å²) in [7, 11) is -10.0.